The van der Waals surface area contributed by atoms with E-state index < -0.39 is 0 Å². The number of nitrogens with zero attached hydrogens (tertiary/aromatic N) is 2. The lowest BCUT2D eigenvalue weighted by atomic mass is 10.2. The van der Waals surface area contributed by atoms with Crippen LogP contribution in [0.25, 0.3) is 11.4 Å². The number of benzene rings is 1. The molecule has 0 bridgehead atoms. The highest BCUT2D eigenvalue weighted by molar-refractivity contribution is 5.56. The Hall–Kier alpha value is -2.18. The Balaban J connectivity index is 1.66. The molecule has 1 unspecified atom stereocenters. The first kappa shape index (κ1) is 28.1. The van der Waals surface area contributed by atoms with Crippen LogP contribution in [0.1, 0.15) is 85.0 Å². The minimum atomic E-state index is -0.203. The molecule has 34 heavy (non-hydrogen) atoms. The quantitative estimate of drug-likeness (QED) is 0.150. The summed E-state index contributed by atoms with van der Waals surface area (Å²) in [5.74, 6) is 2.15. The third-order valence-electron chi connectivity index (χ3n) is 5.38. The van der Waals surface area contributed by atoms with Crippen LogP contribution < -0.4 is 9.47 Å². The van der Waals surface area contributed by atoms with E-state index >= 15 is 0 Å². The highest BCUT2D eigenvalue weighted by Crippen LogP contribution is 2.22. The van der Waals surface area contributed by atoms with E-state index in [9.17, 15) is 0 Å². The fourth-order valence-electron chi connectivity index (χ4n) is 3.44. The summed E-state index contributed by atoms with van der Waals surface area (Å²) in [6.07, 6.45) is 14.5. The molecule has 6 nitrogen and oxygen atoms in total. The van der Waals surface area contributed by atoms with Gasteiger partial charge in [-0.2, -0.15) is 0 Å². The molecule has 0 N–H and O–H groups in total. The van der Waals surface area contributed by atoms with E-state index in [2.05, 4.69) is 30.7 Å². The molecule has 2 rings (SSSR count). The Labute approximate surface area is 206 Å². The van der Waals surface area contributed by atoms with E-state index in [1.54, 1.807) is 12.4 Å². The predicted molar refractivity (Wildman–Crippen MR) is 137 cm³/mol. The molecule has 0 aliphatic rings. The Morgan fingerprint density at radius 1 is 0.676 bits per heavy atom. The maximum absolute atomic E-state index is 5.98. The third kappa shape index (κ3) is 11.8. The second-order valence-corrected chi connectivity index (χ2v) is 8.56. The van der Waals surface area contributed by atoms with E-state index in [1.165, 1.54) is 32.1 Å². The molecule has 0 aliphatic heterocycles. The number of ether oxygens (including phenoxy) is 4. The van der Waals surface area contributed by atoms with Gasteiger partial charge in [-0.15, -0.1) is 0 Å². The zero-order valence-corrected chi connectivity index (χ0v) is 21.5. The minimum absolute atomic E-state index is 0.203. The Morgan fingerprint density at radius 3 is 2.03 bits per heavy atom. The molecular formula is C28H44N2O4. The summed E-state index contributed by atoms with van der Waals surface area (Å²) in [6.45, 7) is 9.49. The summed E-state index contributed by atoms with van der Waals surface area (Å²) >= 11 is 0. The molecule has 0 radical (unpaired) electrons. The van der Waals surface area contributed by atoms with Gasteiger partial charge in [0.1, 0.15) is 5.75 Å². The summed E-state index contributed by atoms with van der Waals surface area (Å²) in [4.78, 5) is 8.91. The van der Waals surface area contributed by atoms with Gasteiger partial charge in [0.2, 0.25) is 0 Å². The molecule has 0 saturated carbocycles. The molecule has 190 valence electrons. The van der Waals surface area contributed by atoms with Crippen molar-refractivity contribution >= 4 is 0 Å². The van der Waals surface area contributed by atoms with Gasteiger partial charge in [0.15, 0.2) is 17.9 Å². The normalized spacial score (nSPS) is 12.0. The van der Waals surface area contributed by atoms with Crippen LogP contribution in [0, 0.1) is 0 Å². The topological polar surface area (TPSA) is 62.7 Å². The molecular weight excluding hydrogens is 428 g/mol. The number of rotatable bonds is 20. The summed E-state index contributed by atoms with van der Waals surface area (Å²) < 4.78 is 23.2. The zero-order chi connectivity index (χ0) is 24.3. The molecule has 6 heteroatoms. The summed E-state index contributed by atoms with van der Waals surface area (Å²) in [7, 11) is 0. The molecule has 1 aromatic heterocycles. The van der Waals surface area contributed by atoms with Crippen molar-refractivity contribution in [2.75, 3.05) is 26.4 Å². The van der Waals surface area contributed by atoms with Crippen LogP contribution in [0.5, 0.6) is 11.5 Å². The van der Waals surface area contributed by atoms with Crippen molar-refractivity contribution in [3.63, 3.8) is 0 Å². The highest BCUT2D eigenvalue weighted by atomic mass is 16.7. The monoisotopic (exact) mass is 472 g/mol. The molecule has 1 atom stereocenters. The van der Waals surface area contributed by atoms with E-state index in [-0.39, 0.29) is 6.29 Å². The van der Waals surface area contributed by atoms with E-state index in [0.717, 1.165) is 56.6 Å². The lowest BCUT2D eigenvalue weighted by Crippen LogP contribution is -2.20. The van der Waals surface area contributed by atoms with Gasteiger partial charge in [0.05, 0.1) is 25.6 Å². The van der Waals surface area contributed by atoms with Crippen molar-refractivity contribution in [2.24, 2.45) is 0 Å². The van der Waals surface area contributed by atoms with Gasteiger partial charge in [0.25, 0.3) is 0 Å². The average molecular weight is 473 g/mol. The van der Waals surface area contributed by atoms with Gasteiger partial charge in [0, 0.05) is 25.2 Å². The van der Waals surface area contributed by atoms with Crippen LogP contribution in [0.4, 0.5) is 0 Å². The van der Waals surface area contributed by atoms with Gasteiger partial charge < -0.3 is 18.9 Å². The van der Waals surface area contributed by atoms with E-state index in [0.29, 0.717) is 24.8 Å². The lowest BCUT2D eigenvalue weighted by molar-refractivity contribution is -0.0844. The summed E-state index contributed by atoms with van der Waals surface area (Å²) in [5, 5.41) is 0. The molecule has 0 fully saturated rings. The lowest BCUT2D eigenvalue weighted by Gasteiger charge is -2.19. The largest absolute Gasteiger partial charge is 0.490 e. The first-order valence-corrected chi connectivity index (χ1v) is 13.2. The summed E-state index contributed by atoms with van der Waals surface area (Å²) in [5.41, 5.74) is 0.937. The van der Waals surface area contributed by atoms with Gasteiger partial charge in [-0.1, -0.05) is 52.9 Å². The van der Waals surface area contributed by atoms with Crippen molar-refractivity contribution in [1.29, 1.82) is 0 Å². The predicted octanol–water partition coefficient (Wildman–Crippen LogP) is 7.22. The number of hydrogen-bond donors (Lipinski definition) is 0. The van der Waals surface area contributed by atoms with Gasteiger partial charge in [-0.3, -0.25) is 0 Å². The van der Waals surface area contributed by atoms with Crippen molar-refractivity contribution < 1.29 is 18.9 Å². The van der Waals surface area contributed by atoms with Crippen LogP contribution in [0.2, 0.25) is 0 Å². The Kier molecular flexibility index (Phi) is 15.0. The first-order valence-electron chi connectivity index (χ1n) is 13.2. The van der Waals surface area contributed by atoms with Crippen LogP contribution in [-0.4, -0.2) is 42.7 Å². The second kappa shape index (κ2) is 18.2. The third-order valence-corrected chi connectivity index (χ3v) is 5.38. The van der Waals surface area contributed by atoms with Gasteiger partial charge in [-0.05, 0) is 49.9 Å². The highest BCUT2D eigenvalue weighted by Gasteiger charge is 2.10. The summed E-state index contributed by atoms with van der Waals surface area (Å²) in [6, 6.07) is 7.82. The number of hydrogen-bond acceptors (Lipinski definition) is 6. The molecule has 1 heterocycles. The Morgan fingerprint density at radius 2 is 1.35 bits per heavy atom. The molecule has 0 aliphatic carbocycles. The second-order valence-electron chi connectivity index (χ2n) is 8.56. The zero-order valence-electron chi connectivity index (χ0n) is 21.5. The molecule has 1 aromatic carbocycles. The van der Waals surface area contributed by atoms with E-state index in [4.69, 9.17) is 18.9 Å². The molecule has 0 spiro atoms. The smallest absolute Gasteiger partial charge is 0.199 e. The molecule has 2 aromatic rings. The van der Waals surface area contributed by atoms with Crippen molar-refractivity contribution in [1.82, 2.24) is 9.97 Å². The van der Waals surface area contributed by atoms with Crippen molar-refractivity contribution in [3.05, 3.63) is 36.7 Å². The van der Waals surface area contributed by atoms with Gasteiger partial charge in [-0.25, -0.2) is 9.97 Å². The molecule has 0 amide bonds. The van der Waals surface area contributed by atoms with E-state index in [1.807, 2.05) is 24.3 Å². The van der Waals surface area contributed by atoms with Crippen molar-refractivity contribution in [3.8, 4) is 22.9 Å². The van der Waals surface area contributed by atoms with Gasteiger partial charge >= 0.3 is 0 Å². The van der Waals surface area contributed by atoms with Crippen molar-refractivity contribution in [2.45, 2.75) is 91.3 Å². The maximum atomic E-state index is 5.98. The fraction of sp³-hybridized carbons (Fsp3) is 0.643. The maximum Gasteiger partial charge on any atom is 0.199 e. The minimum Gasteiger partial charge on any atom is -0.490 e. The van der Waals surface area contributed by atoms with Crippen LogP contribution in [-0.2, 0) is 9.47 Å². The Bertz CT molecular complexity index is 737. The number of unbranched alkanes of at least 4 members (excludes halogenated alkanes) is 5. The average Bonchev–Trinajstić information content (AvgIpc) is 2.87. The standard InChI is InChI=1S/C28H44N2O4/c1-4-7-8-9-10-19-31-20-11-12-21-32-26-22-29-28(30-23-26)24-14-16-25(17-15-24)34-27(13-5-2)33-18-6-3/h14-17,22-23,27H,4-13,18-21H2,1-3H3. The first-order chi connectivity index (χ1) is 16.8. The molecule has 0 saturated heterocycles. The fourth-order valence-corrected chi connectivity index (χ4v) is 3.44. The SMILES string of the molecule is CCCCCCCOCCCCOc1cnc(-c2ccc(OC(CCC)OCCC)cc2)nc1. The van der Waals surface area contributed by atoms with Crippen LogP contribution in [0.3, 0.4) is 0 Å². The van der Waals surface area contributed by atoms with Crippen LogP contribution >= 0.6 is 0 Å². The van der Waals surface area contributed by atoms with Crippen LogP contribution in [0.15, 0.2) is 36.7 Å². The number of aromatic nitrogens is 2.